The van der Waals surface area contributed by atoms with Crippen LogP contribution in [0.3, 0.4) is 0 Å². The van der Waals surface area contributed by atoms with Gasteiger partial charge in [-0.1, -0.05) is 6.42 Å². The molecule has 1 aromatic heterocycles. The summed E-state index contributed by atoms with van der Waals surface area (Å²) in [6.45, 7) is 3.92. The molecule has 0 radical (unpaired) electrons. The lowest BCUT2D eigenvalue weighted by Crippen LogP contribution is -2.33. The quantitative estimate of drug-likeness (QED) is 0.911. The number of methoxy groups -OCH3 is 1. The van der Waals surface area contributed by atoms with Crippen LogP contribution in [0, 0.1) is 0 Å². The number of likely N-dealkylation sites (tertiary alicyclic amines) is 1. The van der Waals surface area contributed by atoms with Gasteiger partial charge in [-0.2, -0.15) is 0 Å². The molecule has 3 rings (SSSR count). The van der Waals surface area contributed by atoms with Crippen LogP contribution in [0.5, 0.6) is 11.5 Å². The third-order valence-corrected chi connectivity index (χ3v) is 4.07. The summed E-state index contributed by atoms with van der Waals surface area (Å²) in [5.74, 6) is 1.81. The van der Waals surface area contributed by atoms with Gasteiger partial charge >= 0.3 is 0 Å². The minimum Gasteiger partial charge on any atom is -0.493 e. The predicted octanol–water partition coefficient (Wildman–Crippen LogP) is 2.09. The lowest BCUT2D eigenvalue weighted by molar-refractivity contribution is 0.181. The van der Waals surface area contributed by atoms with Gasteiger partial charge in [-0.3, -0.25) is 4.90 Å². The Kier molecular flexibility index (Phi) is 4.58. The van der Waals surface area contributed by atoms with E-state index >= 15 is 0 Å². The maximum Gasteiger partial charge on any atom is 0.163 e. The van der Waals surface area contributed by atoms with Crippen molar-refractivity contribution in [3.05, 3.63) is 18.5 Å². The predicted molar refractivity (Wildman–Crippen MR) is 86.3 cm³/mol. The zero-order valence-electron chi connectivity index (χ0n) is 12.9. The second-order valence-corrected chi connectivity index (χ2v) is 5.53. The molecule has 1 saturated heterocycles. The van der Waals surface area contributed by atoms with Crippen molar-refractivity contribution in [2.45, 2.75) is 19.3 Å². The molecule has 0 spiro atoms. The van der Waals surface area contributed by atoms with E-state index in [1.165, 1.54) is 38.7 Å². The highest BCUT2D eigenvalue weighted by Gasteiger charge is 2.12. The summed E-state index contributed by atoms with van der Waals surface area (Å²) in [4.78, 5) is 10.7. The second-order valence-electron chi connectivity index (χ2n) is 5.53. The van der Waals surface area contributed by atoms with Crippen LogP contribution in [0.15, 0.2) is 18.5 Å². The Labute approximate surface area is 130 Å². The summed E-state index contributed by atoms with van der Waals surface area (Å²) in [6.07, 6.45) is 5.38. The molecule has 0 bridgehead atoms. The Morgan fingerprint density at radius 1 is 1.14 bits per heavy atom. The van der Waals surface area contributed by atoms with E-state index in [0.29, 0.717) is 23.9 Å². The molecule has 6 heteroatoms. The summed E-state index contributed by atoms with van der Waals surface area (Å²) in [7, 11) is 1.62. The summed E-state index contributed by atoms with van der Waals surface area (Å²) >= 11 is 0. The van der Waals surface area contributed by atoms with Crippen molar-refractivity contribution >= 4 is 16.7 Å². The van der Waals surface area contributed by atoms with Gasteiger partial charge in [0.1, 0.15) is 18.8 Å². The van der Waals surface area contributed by atoms with Crippen molar-refractivity contribution in [1.29, 1.82) is 0 Å². The number of benzene rings is 1. The van der Waals surface area contributed by atoms with Gasteiger partial charge in [-0.05, 0) is 32.0 Å². The highest BCUT2D eigenvalue weighted by Crippen LogP contribution is 2.33. The molecule has 1 fully saturated rings. The fourth-order valence-electron chi connectivity index (χ4n) is 2.82. The monoisotopic (exact) mass is 302 g/mol. The van der Waals surface area contributed by atoms with Gasteiger partial charge in [0.2, 0.25) is 0 Å². The van der Waals surface area contributed by atoms with Gasteiger partial charge < -0.3 is 15.2 Å². The summed E-state index contributed by atoms with van der Waals surface area (Å²) in [6, 6.07) is 3.70. The minimum absolute atomic E-state index is 0.447. The van der Waals surface area contributed by atoms with E-state index in [0.717, 1.165) is 17.4 Å². The molecule has 0 amide bonds. The molecule has 2 heterocycles. The van der Waals surface area contributed by atoms with Crippen LogP contribution in [0.4, 0.5) is 5.82 Å². The molecule has 2 N–H and O–H groups in total. The first-order valence-corrected chi connectivity index (χ1v) is 7.71. The number of rotatable bonds is 5. The average Bonchev–Trinajstić information content (AvgIpc) is 2.55. The smallest absolute Gasteiger partial charge is 0.163 e. The molecular weight excluding hydrogens is 280 g/mol. The van der Waals surface area contributed by atoms with Crippen molar-refractivity contribution < 1.29 is 9.47 Å². The van der Waals surface area contributed by atoms with Crippen LogP contribution in [0.25, 0.3) is 10.9 Å². The zero-order valence-corrected chi connectivity index (χ0v) is 12.9. The SMILES string of the molecule is COc1cc2c(N)ncnc2cc1OCCN1CCCCC1. The first-order valence-electron chi connectivity index (χ1n) is 7.71. The van der Waals surface area contributed by atoms with Crippen molar-refractivity contribution in [2.24, 2.45) is 0 Å². The number of hydrogen-bond acceptors (Lipinski definition) is 6. The maximum absolute atomic E-state index is 5.91. The number of ether oxygens (including phenoxy) is 2. The highest BCUT2D eigenvalue weighted by atomic mass is 16.5. The molecule has 118 valence electrons. The number of nitrogen functional groups attached to an aromatic ring is 1. The Morgan fingerprint density at radius 2 is 1.95 bits per heavy atom. The van der Waals surface area contributed by atoms with Gasteiger partial charge in [-0.25, -0.2) is 9.97 Å². The number of fused-ring (bicyclic) bond motifs is 1. The van der Waals surface area contributed by atoms with Gasteiger partial charge in [-0.15, -0.1) is 0 Å². The number of piperidine rings is 1. The van der Waals surface area contributed by atoms with Gasteiger partial charge in [0, 0.05) is 18.0 Å². The van der Waals surface area contributed by atoms with Gasteiger partial charge in [0.15, 0.2) is 11.5 Å². The van der Waals surface area contributed by atoms with E-state index in [4.69, 9.17) is 15.2 Å². The van der Waals surface area contributed by atoms with E-state index < -0.39 is 0 Å². The molecular formula is C16H22N4O2. The van der Waals surface area contributed by atoms with Crippen LogP contribution >= 0.6 is 0 Å². The first kappa shape index (κ1) is 14.8. The third kappa shape index (κ3) is 3.22. The van der Waals surface area contributed by atoms with E-state index in [9.17, 15) is 0 Å². The number of anilines is 1. The normalized spacial score (nSPS) is 15.9. The molecule has 1 aromatic carbocycles. The Hall–Kier alpha value is -2.08. The van der Waals surface area contributed by atoms with Crippen molar-refractivity contribution in [3.8, 4) is 11.5 Å². The number of nitrogens with zero attached hydrogens (tertiary/aromatic N) is 3. The third-order valence-electron chi connectivity index (χ3n) is 4.07. The van der Waals surface area contributed by atoms with Crippen molar-refractivity contribution in [2.75, 3.05) is 39.1 Å². The lowest BCUT2D eigenvalue weighted by Gasteiger charge is -2.26. The van der Waals surface area contributed by atoms with Crippen molar-refractivity contribution in [1.82, 2.24) is 14.9 Å². The van der Waals surface area contributed by atoms with Crippen LogP contribution in [0.1, 0.15) is 19.3 Å². The zero-order chi connectivity index (χ0) is 15.4. The summed E-state index contributed by atoms with van der Waals surface area (Å²) < 4.78 is 11.3. The molecule has 0 aliphatic carbocycles. The van der Waals surface area contributed by atoms with E-state index in [1.807, 2.05) is 12.1 Å². The second kappa shape index (κ2) is 6.79. The Morgan fingerprint density at radius 3 is 2.73 bits per heavy atom. The topological polar surface area (TPSA) is 73.5 Å². The molecule has 6 nitrogen and oxygen atoms in total. The minimum atomic E-state index is 0.447. The summed E-state index contributed by atoms with van der Waals surface area (Å²) in [5, 5.41) is 0.780. The Bertz CT molecular complexity index is 641. The maximum atomic E-state index is 5.91. The van der Waals surface area contributed by atoms with Crippen molar-refractivity contribution in [3.63, 3.8) is 0 Å². The van der Waals surface area contributed by atoms with Gasteiger partial charge in [0.05, 0.1) is 12.6 Å². The highest BCUT2D eigenvalue weighted by molar-refractivity contribution is 5.90. The number of nitrogens with two attached hydrogens (primary N) is 1. The molecule has 0 saturated carbocycles. The Balaban J connectivity index is 1.72. The first-order chi connectivity index (χ1) is 10.8. The van der Waals surface area contributed by atoms with Crippen LogP contribution < -0.4 is 15.2 Å². The number of hydrogen-bond donors (Lipinski definition) is 1. The molecule has 0 atom stereocenters. The largest absolute Gasteiger partial charge is 0.493 e. The molecule has 2 aromatic rings. The molecule has 22 heavy (non-hydrogen) atoms. The van der Waals surface area contributed by atoms with Crippen LogP contribution in [0.2, 0.25) is 0 Å². The summed E-state index contributed by atoms with van der Waals surface area (Å²) in [5.41, 5.74) is 6.64. The van der Waals surface area contributed by atoms with Crippen LogP contribution in [-0.2, 0) is 0 Å². The van der Waals surface area contributed by atoms with E-state index in [1.54, 1.807) is 7.11 Å². The molecule has 0 unspecified atom stereocenters. The van der Waals surface area contributed by atoms with E-state index in [2.05, 4.69) is 14.9 Å². The fraction of sp³-hybridized carbons (Fsp3) is 0.500. The fourth-order valence-corrected chi connectivity index (χ4v) is 2.82. The number of aromatic nitrogens is 2. The van der Waals surface area contributed by atoms with E-state index in [-0.39, 0.29) is 0 Å². The standard InChI is InChI=1S/C16H22N4O2/c1-21-14-9-12-13(18-11-19-16(12)17)10-15(14)22-8-7-20-5-3-2-4-6-20/h9-11H,2-8H2,1H3,(H2,17,18,19). The average molecular weight is 302 g/mol. The molecule has 1 aliphatic rings. The van der Waals surface area contributed by atoms with Gasteiger partial charge in [0.25, 0.3) is 0 Å². The van der Waals surface area contributed by atoms with Crippen LogP contribution in [-0.4, -0.2) is 48.2 Å². The molecule has 1 aliphatic heterocycles. The lowest BCUT2D eigenvalue weighted by atomic mass is 10.1.